The molecule has 0 fully saturated rings. The zero-order chi connectivity index (χ0) is 18.8. The first-order valence-corrected chi connectivity index (χ1v) is 8.85. The number of nitrogens with zero attached hydrogens (tertiary/aromatic N) is 1. The second-order valence-corrected chi connectivity index (χ2v) is 6.51. The summed E-state index contributed by atoms with van der Waals surface area (Å²) < 4.78 is 10.8. The average Bonchev–Trinajstić information content (AvgIpc) is 3.15. The third-order valence-electron chi connectivity index (χ3n) is 4.81. The van der Waals surface area contributed by atoms with Gasteiger partial charge in [-0.15, -0.1) is 0 Å². The predicted molar refractivity (Wildman–Crippen MR) is 104 cm³/mol. The molecule has 0 aliphatic carbocycles. The molecule has 1 aromatic heterocycles. The summed E-state index contributed by atoms with van der Waals surface area (Å²) >= 11 is 0. The quantitative estimate of drug-likeness (QED) is 0.764. The van der Waals surface area contributed by atoms with Gasteiger partial charge >= 0.3 is 0 Å². The van der Waals surface area contributed by atoms with E-state index < -0.39 is 0 Å². The Kier molecular flexibility index (Phi) is 4.50. The molecule has 4 rings (SSSR count). The molecular formula is C22H20N2O3. The Balaban J connectivity index is 1.70. The number of oxazole rings is 1. The summed E-state index contributed by atoms with van der Waals surface area (Å²) in [6, 6.07) is 10.1. The minimum Gasteiger partial charge on any atom is -0.491 e. The lowest BCUT2D eigenvalue weighted by molar-refractivity contribution is 0.0957. The maximum absolute atomic E-state index is 12.4. The van der Waals surface area contributed by atoms with Crippen molar-refractivity contribution in [1.29, 1.82) is 0 Å². The van der Waals surface area contributed by atoms with Crippen LogP contribution in [0.1, 0.15) is 32.6 Å². The fraction of sp³-hybridized carbons (Fsp3) is 0.182. The highest BCUT2D eigenvalue weighted by atomic mass is 16.5. The molecular weight excluding hydrogens is 340 g/mol. The van der Waals surface area contributed by atoms with E-state index in [1.807, 2.05) is 31.2 Å². The van der Waals surface area contributed by atoms with Gasteiger partial charge in [0.05, 0.1) is 12.1 Å². The summed E-state index contributed by atoms with van der Waals surface area (Å²) in [5, 5.41) is 2.87. The zero-order valence-electron chi connectivity index (χ0n) is 15.1. The highest BCUT2D eigenvalue weighted by molar-refractivity contribution is 5.98. The number of carbonyl (C=O) groups excluding carboxylic acids is 1. The maximum atomic E-state index is 12.4. The first-order valence-electron chi connectivity index (χ1n) is 8.85. The SMILES string of the molecule is C=Cc1c(Cc2ccc(-c3cocn3)cc2)cc2c(c1C)OCCNC2=O. The first kappa shape index (κ1) is 17.1. The molecule has 136 valence electrons. The van der Waals surface area contributed by atoms with E-state index in [2.05, 4.69) is 29.0 Å². The number of nitrogens with one attached hydrogen (secondary N) is 1. The van der Waals surface area contributed by atoms with Gasteiger partial charge in [-0.1, -0.05) is 36.9 Å². The number of rotatable bonds is 4. The Bertz CT molecular complexity index is 989. The summed E-state index contributed by atoms with van der Waals surface area (Å²) in [5.41, 5.74) is 6.56. The number of amides is 1. The van der Waals surface area contributed by atoms with Crippen LogP contribution in [0.5, 0.6) is 5.75 Å². The number of ether oxygens (including phenoxy) is 1. The van der Waals surface area contributed by atoms with Crippen molar-refractivity contribution in [1.82, 2.24) is 10.3 Å². The summed E-state index contributed by atoms with van der Waals surface area (Å²) in [7, 11) is 0. The highest BCUT2D eigenvalue weighted by Crippen LogP contribution is 2.33. The van der Waals surface area contributed by atoms with Gasteiger partial charge in [-0.3, -0.25) is 4.79 Å². The standard InChI is InChI=1S/C22H20N2O3/c1-3-18-14(2)21-19(22(25)23-8-9-27-21)11-17(18)10-15-4-6-16(7-5-15)20-12-26-13-24-20/h3-7,11-13H,1,8-10H2,2H3,(H,23,25). The normalized spacial score (nSPS) is 13.3. The van der Waals surface area contributed by atoms with Gasteiger partial charge in [0.15, 0.2) is 6.39 Å². The lowest BCUT2D eigenvalue weighted by Crippen LogP contribution is -2.24. The van der Waals surface area contributed by atoms with E-state index in [1.54, 1.807) is 6.26 Å². The van der Waals surface area contributed by atoms with Crippen LogP contribution >= 0.6 is 0 Å². The molecule has 27 heavy (non-hydrogen) atoms. The minimum absolute atomic E-state index is 0.0937. The van der Waals surface area contributed by atoms with Crippen LogP contribution < -0.4 is 10.1 Å². The van der Waals surface area contributed by atoms with Crippen LogP contribution in [-0.2, 0) is 6.42 Å². The van der Waals surface area contributed by atoms with Crippen molar-refractivity contribution in [3.8, 4) is 17.0 Å². The van der Waals surface area contributed by atoms with E-state index in [4.69, 9.17) is 9.15 Å². The molecule has 2 aromatic carbocycles. The molecule has 3 aromatic rings. The van der Waals surface area contributed by atoms with E-state index in [-0.39, 0.29) is 5.91 Å². The molecule has 0 radical (unpaired) electrons. The Labute approximate surface area is 157 Å². The molecule has 1 amide bonds. The molecule has 1 aliphatic heterocycles. The predicted octanol–water partition coefficient (Wildman–Crippen LogP) is 4.01. The van der Waals surface area contributed by atoms with Crippen LogP contribution in [0, 0.1) is 6.92 Å². The Morgan fingerprint density at radius 2 is 2.11 bits per heavy atom. The summed E-state index contributed by atoms with van der Waals surface area (Å²) in [5.74, 6) is 0.564. The first-order chi connectivity index (χ1) is 13.2. The third-order valence-corrected chi connectivity index (χ3v) is 4.81. The maximum Gasteiger partial charge on any atom is 0.255 e. The fourth-order valence-corrected chi connectivity index (χ4v) is 3.45. The zero-order valence-corrected chi connectivity index (χ0v) is 15.1. The number of hydrogen-bond acceptors (Lipinski definition) is 4. The monoisotopic (exact) mass is 360 g/mol. The van der Waals surface area contributed by atoms with Crippen LogP contribution in [0.3, 0.4) is 0 Å². The topological polar surface area (TPSA) is 64.4 Å². The smallest absolute Gasteiger partial charge is 0.255 e. The second kappa shape index (κ2) is 7.11. The van der Waals surface area contributed by atoms with E-state index in [1.165, 1.54) is 6.39 Å². The molecule has 5 heteroatoms. The summed E-state index contributed by atoms with van der Waals surface area (Å²) in [6.45, 7) is 6.92. The van der Waals surface area contributed by atoms with Crippen LogP contribution in [0.4, 0.5) is 0 Å². The third kappa shape index (κ3) is 3.24. The molecule has 0 spiro atoms. The fourth-order valence-electron chi connectivity index (χ4n) is 3.45. The molecule has 0 unspecified atom stereocenters. The molecule has 0 saturated heterocycles. The Hall–Kier alpha value is -3.34. The van der Waals surface area contributed by atoms with Crippen molar-refractivity contribution in [2.75, 3.05) is 13.2 Å². The van der Waals surface area contributed by atoms with Gasteiger partial charge in [-0.2, -0.15) is 0 Å². The number of fused-ring (bicyclic) bond motifs is 1. The van der Waals surface area contributed by atoms with Crippen molar-refractivity contribution in [3.63, 3.8) is 0 Å². The molecule has 2 heterocycles. The molecule has 1 aliphatic rings. The van der Waals surface area contributed by atoms with Crippen LogP contribution in [0.2, 0.25) is 0 Å². The van der Waals surface area contributed by atoms with Gasteiger partial charge in [-0.25, -0.2) is 4.98 Å². The van der Waals surface area contributed by atoms with Crippen molar-refractivity contribution in [2.24, 2.45) is 0 Å². The van der Waals surface area contributed by atoms with Gasteiger partial charge in [0.25, 0.3) is 5.91 Å². The summed E-state index contributed by atoms with van der Waals surface area (Å²) in [6.07, 6.45) is 5.58. The molecule has 5 nitrogen and oxygen atoms in total. The Morgan fingerprint density at radius 3 is 2.81 bits per heavy atom. The molecule has 0 saturated carbocycles. The molecule has 0 atom stereocenters. The van der Waals surface area contributed by atoms with Crippen molar-refractivity contribution >= 4 is 12.0 Å². The van der Waals surface area contributed by atoms with E-state index in [9.17, 15) is 4.79 Å². The summed E-state index contributed by atoms with van der Waals surface area (Å²) in [4.78, 5) is 16.6. The molecule has 0 bridgehead atoms. The van der Waals surface area contributed by atoms with Gasteiger partial charge in [0.1, 0.15) is 24.3 Å². The van der Waals surface area contributed by atoms with Crippen molar-refractivity contribution < 1.29 is 13.9 Å². The lowest BCUT2D eigenvalue weighted by atomic mass is 9.92. The van der Waals surface area contributed by atoms with Gasteiger partial charge in [0.2, 0.25) is 0 Å². The Morgan fingerprint density at radius 1 is 1.30 bits per heavy atom. The molecule has 1 N–H and O–H groups in total. The van der Waals surface area contributed by atoms with Crippen LogP contribution in [0.15, 0.2) is 54.0 Å². The number of carbonyl (C=O) groups is 1. The minimum atomic E-state index is -0.0937. The van der Waals surface area contributed by atoms with E-state index >= 15 is 0 Å². The van der Waals surface area contributed by atoms with Crippen LogP contribution in [-0.4, -0.2) is 24.0 Å². The van der Waals surface area contributed by atoms with Crippen molar-refractivity contribution in [3.05, 3.63) is 77.4 Å². The number of aromatic nitrogens is 1. The largest absolute Gasteiger partial charge is 0.491 e. The average molecular weight is 360 g/mol. The van der Waals surface area contributed by atoms with Gasteiger partial charge in [0, 0.05) is 5.56 Å². The van der Waals surface area contributed by atoms with E-state index in [0.717, 1.165) is 33.5 Å². The second-order valence-electron chi connectivity index (χ2n) is 6.51. The number of benzene rings is 2. The van der Waals surface area contributed by atoms with Gasteiger partial charge in [-0.05, 0) is 41.7 Å². The van der Waals surface area contributed by atoms with Crippen molar-refractivity contribution in [2.45, 2.75) is 13.3 Å². The van der Waals surface area contributed by atoms with E-state index in [0.29, 0.717) is 30.9 Å². The highest BCUT2D eigenvalue weighted by Gasteiger charge is 2.22. The lowest BCUT2D eigenvalue weighted by Gasteiger charge is -2.16. The van der Waals surface area contributed by atoms with Gasteiger partial charge < -0.3 is 14.5 Å². The number of hydrogen-bond donors (Lipinski definition) is 1. The van der Waals surface area contributed by atoms with Crippen LogP contribution in [0.25, 0.3) is 17.3 Å².